The largest absolute Gasteiger partial charge is 0.363 e. The summed E-state index contributed by atoms with van der Waals surface area (Å²) < 4.78 is 1.09. The topological polar surface area (TPSA) is 24.1 Å². The van der Waals surface area contributed by atoms with Crippen molar-refractivity contribution in [2.75, 3.05) is 6.54 Å². The molecule has 0 heterocycles. The lowest BCUT2D eigenvalue weighted by Crippen LogP contribution is -2.37. The fraction of sp³-hybridized carbons (Fsp3) is 0.417. The average molecular weight is 301 g/mol. The van der Waals surface area contributed by atoms with E-state index in [0.717, 1.165) is 22.6 Å². The van der Waals surface area contributed by atoms with E-state index in [4.69, 9.17) is 12.2 Å². The lowest BCUT2D eigenvalue weighted by molar-refractivity contribution is 0.694. The van der Waals surface area contributed by atoms with Crippen LogP contribution in [0, 0.1) is 0 Å². The molecule has 0 bridgehead atoms. The van der Waals surface area contributed by atoms with Crippen molar-refractivity contribution in [3.05, 3.63) is 34.3 Å². The lowest BCUT2D eigenvalue weighted by atomic mass is 10.1. The SMILES string of the molecule is CCCNC(=S)N[C@@H](C)c1ccc(Br)cc1. The van der Waals surface area contributed by atoms with Gasteiger partial charge in [-0.25, -0.2) is 0 Å². The first-order chi connectivity index (χ1) is 7.63. The Labute approximate surface area is 111 Å². The van der Waals surface area contributed by atoms with Crippen molar-refractivity contribution in [3.63, 3.8) is 0 Å². The van der Waals surface area contributed by atoms with Gasteiger partial charge in [0.15, 0.2) is 5.11 Å². The maximum Gasteiger partial charge on any atom is 0.166 e. The highest BCUT2D eigenvalue weighted by Gasteiger charge is 2.05. The second kappa shape index (κ2) is 6.86. The summed E-state index contributed by atoms with van der Waals surface area (Å²) in [5.74, 6) is 0. The third-order valence-corrected chi connectivity index (χ3v) is 3.04. The minimum absolute atomic E-state index is 0.227. The fourth-order valence-electron chi connectivity index (χ4n) is 1.32. The van der Waals surface area contributed by atoms with Crippen molar-refractivity contribution < 1.29 is 0 Å². The molecule has 0 aliphatic carbocycles. The minimum Gasteiger partial charge on any atom is -0.363 e. The quantitative estimate of drug-likeness (QED) is 0.834. The Morgan fingerprint density at radius 2 is 2.00 bits per heavy atom. The van der Waals surface area contributed by atoms with Gasteiger partial charge < -0.3 is 10.6 Å². The third kappa shape index (κ3) is 4.49. The molecule has 0 saturated heterocycles. The van der Waals surface area contributed by atoms with Gasteiger partial charge in [0.05, 0.1) is 6.04 Å². The van der Waals surface area contributed by atoms with Gasteiger partial charge in [0.1, 0.15) is 0 Å². The highest BCUT2D eigenvalue weighted by Crippen LogP contribution is 2.16. The Balaban J connectivity index is 2.48. The predicted octanol–water partition coefficient (Wildman–Crippen LogP) is 3.38. The monoisotopic (exact) mass is 300 g/mol. The Kier molecular flexibility index (Phi) is 5.77. The number of hydrogen-bond acceptors (Lipinski definition) is 1. The van der Waals surface area contributed by atoms with Crippen LogP contribution in [0.1, 0.15) is 31.9 Å². The van der Waals surface area contributed by atoms with Gasteiger partial charge in [-0.15, -0.1) is 0 Å². The smallest absolute Gasteiger partial charge is 0.166 e. The normalized spacial score (nSPS) is 11.9. The van der Waals surface area contributed by atoms with Crippen LogP contribution in [0.4, 0.5) is 0 Å². The minimum atomic E-state index is 0.227. The van der Waals surface area contributed by atoms with Crippen LogP contribution in [0.15, 0.2) is 28.7 Å². The number of nitrogens with one attached hydrogen (secondary N) is 2. The van der Waals surface area contributed by atoms with Crippen molar-refractivity contribution in [2.45, 2.75) is 26.3 Å². The molecular formula is C12H17BrN2S. The summed E-state index contributed by atoms with van der Waals surface area (Å²) in [5, 5.41) is 7.13. The number of hydrogen-bond donors (Lipinski definition) is 2. The van der Waals surface area contributed by atoms with Gasteiger partial charge in [0.25, 0.3) is 0 Å². The molecule has 1 aromatic carbocycles. The van der Waals surface area contributed by atoms with E-state index in [-0.39, 0.29) is 6.04 Å². The summed E-state index contributed by atoms with van der Waals surface area (Å²) in [6.07, 6.45) is 1.08. The molecule has 4 heteroatoms. The maximum absolute atomic E-state index is 5.19. The number of thiocarbonyl (C=S) groups is 1. The third-order valence-electron chi connectivity index (χ3n) is 2.25. The first-order valence-electron chi connectivity index (χ1n) is 5.43. The standard InChI is InChI=1S/C12H17BrN2S/c1-3-8-14-12(16)15-9(2)10-4-6-11(13)7-5-10/h4-7,9H,3,8H2,1-2H3,(H2,14,15,16)/t9-/m0/s1. The van der Waals surface area contributed by atoms with E-state index in [1.54, 1.807) is 0 Å². The summed E-state index contributed by atoms with van der Waals surface area (Å²) in [5.41, 5.74) is 1.23. The molecular weight excluding hydrogens is 284 g/mol. The fourth-order valence-corrected chi connectivity index (χ4v) is 1.86. The summed E-state index contributed by atoms with van der Waals surface area (Å²) in [6.45, 7) is 5.13. The highest BCUT2D eigenvalue weighted by molar-refractivity contribution is 9.10. The van der Waals surface area contributed by atoms with E-state index in [9.17, 15) is 0 Å². The molecule has 0 amide bonds. The summed E-state index contributed by atoms with van der Waals surface area (Å²) in [7, 11) is 0. The van der Waals surface area contributed by atoms with Gasteiger partial charge in [-0.3, -0.25) is 0 Å². The molecule has 0 saturated carbocycles. The maximum atomic E-state index is 5.19. The van der Waals surface area contributed by atoms with Crippen molar-refractivity contribution in [1.82, 2.24) is 10.6 Å². The lowest BCUT2D eigenvalue weighted by Gasteiger charge is -2.17. The second-order valence-corrected chi connectivity index (χ2v) is 5.00. The van der Waals surface area contributed by atoms with Gasteiger partial charge >= 0.3 is 0 Å². The van der Waals surface area contributed by atoms with E-state index >= 15 is 0 Å². The van der Waals surface area contributed by atoms with Crippen LogP contribution >= 0.6 is 28.1 Å². The number of rotatable bonds is 4. The van der Waals surface area contributed by atoms with E-state index < -0.39 is 0 Å². The molecule has 2 N–H and O–H groups in total. The molecule has 1 rings (SSSR count). The Hall–Kier alpha value is -0.610. The molecule has 0 unspecified atom stereocenters. The first kappa shape index (κ1) is 13.5. The summed E-state index contributed by atoms with van der Waals surface area (Å²) in [6, 6.07) is 8.48. The summed E-state index contributed by atoms with van der Waals surface area (Å²) >= 11 is 8.61. The predicted molar refractivity (Wildman–Crippen MR) is 76.6 cm³/mol. The van der Waals surface area contributed by atoms with Crippen molar-refractivity contribution >= 4 is 33.3 Å². The molecule has 0 radical (unpaired) electrons. The van der Waals surface area contributed by atoms with Crippen LogP contribution < -0.4 is 10.6 Å². The second-order valence-electron chi connectivity index (χ2n) is 3.67. The summed E-state index contributed by atoms with van der Waals surface area (Å²) in [4.78, 5) is 0. The zero-order valence-electron chi connectivity index (χ0n) is 9.59. The highest BCUT2D eigenvalue weighted by atomic mass is 79.9. The van der Waals surface area contributed by atoms with Crippen LogP contribution in [0.3, 0.4) is 0 Å². The Bertz CT molecular complexity index is 337. The zero-order valence-corrected chi connectivity index (χ0v) is 12.0. The van der Waals surface area contributed by atoms with Crippen molar-refractivity contribution in [2.24, 2.45) is 0 Å². The van der Waals surface area contributed by atoms with Crippen LogP contribution in [0.5, 0.6) is 0 Å². The van der Waals surface area contributed by atoms with E-state index in [1.165, 1.54) is 5.56 Å². The van der Waals surface area contributed by atoms with E-state index in [2.05, 4.69) is 52.5 Å². The van der Waals surface area contributed by atoms with Crippen molar-refractivity contribution in [3.8, 4) is 0 Å². The Morgan fingerprint density at radius 1 is 1.38 bits per heavy atom. The van der Waals surface area contributed by atoms with Gasteiger partial charge in [0, 0.05) is 11.0 Å². The number of benzene rings is 1. The van der Waals surface area contributed by atoms with Gasteiger partial charge in [-0.1, -0.05) is 35.0 Å². The zero-order chi connectivity index (χ0) is 12.0. The van der Waals surface area contributed by atoms with E-state index in [1.807, 2.05) is 12.1 Å². The van der Waals surface area contributed by atoms with Gasteiger partial charge in [-0.05, 0) is 43.3 Å². The first-order valence-corrected chi connectivity index (χ1v) is 6.63. The van der Waals surface area contributed by atoms with Gasteiger partial charge in [-0.2, -0.15) is 0 Å². The molecule has 88 valence electrons. The Morgan fingerprint density at radius 3 is 2.56 bits per heavy atom. The van der Waals surface area contributed by atoms with Crippen LogP contribution in [0.25, 0.3) is 0 Å². The molecule has 2 nitrogen and oxygen atoms in total. The average Bonchev–Trinajstić information content (AvgIpc) is 2.27. The van der Waals surface area contributed by atoms with Gasteiger partial charge in [0.2, 0.25) is 0 Å². The van der Waals surface area contributed by atoms with E-state index in [0.29, 0.717) is 0 Å². The number of halogens is 1. The van der Waals surface area contributed by atoms with Crippen LogP contribution in [0.2, 0.25) is 0 Å². The molecule has 0 fully saturated rings. The van der Waals surface area contributed by atoms with Crippen molar-refractivity contribution in [1.29, 1.82) is 0 Å². The molecule has 0 spiro atoms. The molecule has 0 aliphatic rings. The molecule has 0 aliphatic heterocycles. The molecule has 16 heavy (non-hydrogen) atoms. The van der Waals surface area contributed by atoms with Crippen LogP contribution in [-0.2, 0) is 0 Å². The molecule has 1 aromatic rings. The molecule has 0 aromatic heterocycles. The molecule has 1 atom stereocenters. The van der Waals surface area contributed by atoms with Crippen LogP contribution in [-0.4, -0.2) is 11.7 Å².